The summed E-state index contributed by atoms with van der Waals surface area (Å²) in [5.41, 5.74) is 10.00. The van der Waals surface area contributed by atoms with Crippen molar-refractivity contribution in [1.29, 1.82) is 0 Å². The van der Waals surface area contributed by atoms with Crippen molar-refractivity contribution < 1.29 is 0 Å². The lowest BCUT2D eigenvalue weighted by Crippen LogP contribution is -2.00. The van der Waals surface area contributed by atoms with E-state index < -0.39 is 0 Å². The molecule has 9 aromatic rings. The Labute approximate surface area is 289 Å². The molecular formula is C45H29N5. The summed E-state index contributed by atoms with van der Waals surface area (Å²) in [6.45, 7) is 0. The molecule has 9 rings (SSSR count). The molecule has 0 amide bonds. The number of fused-ring (bicyclic) bond motifs is 3. The van der Waals surface area contributed by atoms with Gasteiger partial charge in [-0.1, -0.05) is 146 Å². The van der Waals surface area contributed by atoms with Crippen LogP contribution in [0.1, 0.15) is 0 Å². The van der Waals surface area contributed by atoms with Gasteiger partial charge in [0.15, 0.2) is 17.5 Å². The highest BCUT2D eigenvalue weighted by atomic mass is 15.0. The van der Waals surface area contributed by atoms with Crippen molar-refractivity contribution in [3.05, 3.63) is 176 Å². The van der Waals surface area contributed by atoms with Gasteiger partial charge in [-0.3, -0.25) is 4.98 Å². The third kappa shape index (κ3) is 5.47. The number of hydrogen-bond donors (Lipinski definition) is 0. The SMILES string of the molecule is c1ccc(-c2nc(-c3ccccc3)nc(-c3ccc(-c4ccc5nc(-c6ccccc6)c6cccc(-c7ccccn7)c6c5c4)cc3)n2)cc1. The molecule has 0 aliphatic heterocycles. The van der Waals surface area contributed by atoms with E-state index in [1.165, 1.54) is 0 Å². The molecule has 5 heteroatoms. The van der Waals surface area contributed by atoms with Gasteiger partial charge in [0.2, 0.25) is 0 Å². The molecule has 3 aromatic heterocycles. The molecule has 0 N–H and O–H groups in total. The first-order valence-corrected chi connectivity index (χ1v) is 16.6. The molecule has 0 fully saturated rings. The lowest BCUT2D eigenvalue weighted by molar-refractivity contribution is 1.07. The molecule has 0 unspecified atom stereocenters. The Hall–Kier alpha value is -6.85. The molecule has 0 atom stereocenters. The Balaban J connectivity index is 1.17. The van der Waals surface area contributed by atoms with Crippen molar-refractivity contribution in [2.24, 2.45) is 0 Å². The summed E-state index contributed by atoms with van der Waals surface area (Å²) >= 11 is 0. The lowest BCUT2D eigenvalue weighted by Gasteiger charge is -2.15. The maximum absolute atomic E-state index is 5.22. The van der Waals surface area contributed by atoms with E-state index in [1.807, 2.05) is 85.1 Å². The maximum Gasteiger partial charge on any atom is 0.164 e. The van der Waals surface area contributed by atoms with E-state index in [0.717, 1.165) is 72.0 Å². The lowest BCUT2D eigenvalue weighted by atomic mass is 9.93. The minimum atomic E-state index is 0.631. The predicted octanol–water partition coefficient (Wildman–Crippen LogP) is 11.0. The summed E-state index contributed by atoms with van der Waals surface area (Å²) in [6, 6.07) is 58.0. The normalized spacial score (nSPS) is 11.2. The van der Waals surface area contributed by atoms with Crippen LogP contribution in [0.4, 0.5) is 0 Å². The van der Waals surface area contributed by atoms with Gasteiger partial charge >= 0.3 is 0 Å². The predicted molar refractivity (Wildman–Crippen MR) is 203 cm³/mol. The van der Waals surface area contributed by atoms with Crippen molar-refractivity contribution in [1.82, 2.24) is 24.9 Å². The van der Waals surface area contributed by atoms with Crippen LogP contribution in [-0.4, -0.2) is 24.9 Å². The summed E-state index contributed by atoms with van der Waals surface area (Å²) < 4.78 is 0. The Morgan fingerprint density at radius 2 is 0.880 bits per heavy atom. The number of benzene rings is 6. The molecule has 0 aliphatic carbocycles. The van der Waals surface area contributed by atoms with E-state index in [-0.39, 0.29) is 0 Å². The molecular weight excluding hydrogens is 611 g/mol. The topological polar surface area (TPSA) is 64.5 Å². The molecule has 0 radical (unpaired) electrons. The van der Waals surface area contributed by atoms with Crippen LogP contribution < -0.4 is 0 Å². The zero-order valence-corrected chi connectivity index (χ0v) is 27.0. The van der Waals surface area contributed by atoms with Gasteiger partial charge in [-0.2, -0.15) is 0 Å². The van der Waals surface area contributed by atoms with Crippen LogP contribution in [0.2, 0.25) is 0 Å². The number of aromatic nitrogens is 5. The van der Waals surface area contributed by atoms with Crippen LogP contribution >= 0.6 is 0 Å². The summed E-state index contributed by atoms with van der Waals surface area (Å²) in [5, 5.41) is 3.32. The Bertz CT molecular complexity index is 2550. The number of hydrogen-bond acceptors (Lipinski definition) is 5. The van der Waals surface area contributed by atoms with Crippen LogP contribution in [0.15, 0.2) is 176 Å². The molecule has 0 aliphatic rings. The second-order valence-corrected chi connectivity index (χ2v) is 12.1. The minimum Gasteiger partial charge on any atom is -0.256 e. The van der Waals surface area contributed by atoms with Crippen molar-refractivity contribution in [3.8, 4) is 67.8 Å². The highest BCUT2D eigenvalue weighted by Crippen LogP contribution is 2.39. The monoisotopic (exact) mass is 639 g/mol. The molecule has 6 aromatic carbocycles. The van der Waals surface area contributed by atoms with Crippen molar-refractivity contribution >= 4 is 21.7 Å². The van der Waals surface area contributed by atoms with Crippen LogP contribution in [0.3, 0.4) is 0 Å². The fraction of sp³-hybridized carbons (Fsp3) is 0. The van der Waals surface area contributed by atoms with Gasteiger partial charge in [0.05, 0.1) is 16.9 Å². The third-order valence-corrected chi connectivity index (χ3v) is 8.98. The first-order valence-electron chi connectivity index (χ1n) is 16.6. The largest absolute Gasteiger partial charge is 0.256 e. The van der Waals surface area contributed by atoms with Crippen molar-refractivity contribution in [2.75, 3.05) is 0 Å². The molecule has 50 heavy (non-hydrogen) atoms. The van der Waals surface area contributed by atoms with E-state index in [2.05, 4.69) is 91.0 Å². The van der Waals surface area contributed by atoms with Gasteiger partial charge in [-0.25, -0.2) is 19.9 Å². The molecule has 0 saturated heterocycles. The van der Waals surface area contributed by atoms with Crippen molar-refractivity contribution in [3.63, 3.8) is 0 Å². The second kappa shape index (κ2) is 12.6. The number of rotatable bonds is 6. The Kier molecular flexibility index (Phi) is 7.41. The van der Waals surface area contributed by atoms with Gasteiger partial charge in [-0.05, 0) is 35.4 Å². The van der Waals surface area contributed by atoms with Crippen LogP contribution in [0.5, 0.6) is 0 Å². The van der Waals surface area contributed by atoms with Gasteiger partial charge < -0.3 is 0 Å². The van der Waals surface area contributed by atoms with E-state index in [9.17, 15) is 0 Å². The van der Waals surface area contributed by atoms with Crippen LogP contribution in [0, 0.1) is 0 Å². The van der Waals surface area contributed by atoms with Gasteiger partial charge in [-0.15, -0.1) is 0 Å². The van der Waals surface area contributed by atoms with Gasteiger partial charge in [0.1, 0.15) is 0 Å². The fourth-order valence-corrected chi connectivity index (χ4v) is 6.53. The highest BCUT2D eigenvalue weighted by Gasteiger charge is 2.17. The average Bonchev–Trinajstić information content (AvgIpc) is 3.21. The highest BCUT2D eigenvalue weighted by molar-refractivity contribution is 6.17. The zero-order valence-electron chi connectivity index (χ0n) is 27.0. The molecule has 5 nitrogen and oxygen atoms in total. The third-order valence-electron chi connectivity index (χ3n) is 8.98. The maximum atomic E-state index is 5.22. The number of nitrogens with zero attached hydrogens (tertiary/aromatic N) is 5. The first-order chi connectivity index (χ1) is 24.8. The molecule has 0 bridgehead atoms. The smallest absolute Gasteiger partial charge is 0.164 e. The summed E-state index contributed by atoms with van der Waals surface area (Å²) in [6.07, 6.45) is 1.85. The van der Waals surface area contributed by atoms with Crippen LogP contribution in [-0.2, 0) is 0 Å². The fourth-order valence-electron chi connectivity index (χ4n) is 6.53. The summed E-state index contributed by atoms with van der Waals surface area (Å²) in [7, 11) is 0. The van der Waals surface area contributed by atoms with Gasteiger partial charge in [0.25, 0.3) is 0 Å². The van der Waals surface area contributed by atoms with E-state index in [4.69, 9.17) is 24.9 Å². The van der Waals surface area contributed by atoms with E-state index in [1.54, 1.807) is 0 Å². The van der Waals surface area contributed by atoms with E-state index >= 15 is 0 Å². The van der Waals surface area contributed by atoms with E-state index in [0.29, 0.717) is 17.5 Å². The van der Waals surface area contributed by atoms with Crippen molar-refractivity contribution in [2.45, 2.75) is 0 Å². The minimum absolute atomic E-state index is 0.631. The Morgan fingerprint density at radius 3 is 1.48 bits per heavy atom. The summed E-state index contributed by atoms with van der Waals surface area (Å²) in [5.74, 6) is 1.92. The van der Waals surface area contributed by atoms with Crippen LogP contribution in [0.25, 0.3) is 89.5 Å². The molecule has 3 heterocycles. The molecule has 0 saturated carbocycles. The quantitative estimate of drug-likeness (QED) is 0.169. The first kappa shape index (κ1) is 29.3. The average molecular weight is 640 g/mol. The van der Waals surface area contributed by atoms with Gasteiger partial charge in [0, 0.05) is 50.2 Å². The molecule has 0 spiro atoms. The second-order valence-electron chi connectivity index (χ2n) is 12.1. The summed E-state index contributed by atoms with van der Waals surface area (Å²) in [4.78, 5) is 24.6. The zero-order chi connectivity index (χ0) is 33.3. The number of pyridine rings is 2. The Morgan fingerprint density at radius 1 is 0.340 bits per heavy atom. The standard InChI is InChI=1S/C45H29N5/c1-4-13-31(14-5-1)42-37-20-12-19-36(39-21-10-11-28-46-39)41(37)38-29-35(26-27-40(38)47-42)30-22-24-34(25-23-30)45-49-43(32-15-6-2-7-16-32)48-44(50-45)33-17-8-3-9-18-33/h1-29H. The molecule has 234 valence electrons.